The van der Waals surface area contributed by atoms with Gasteiger partial charge in [0.05, 0.1) is 30.8 Å². The number of halogens is 1. The van der Waals surface area contributed by atoms with Crippen molar-refractivity contribution in [2.75, 3.05) is 30.5 Å². The Hall–Kier alpha value is -1.31. The Morgan fingerprint density at radius 3 is 2.77 bits per heavy atom. The number of hydrogen-bond acceptors (Lipinski definition) is 5. The van der Waals surface area contributed by atoms with Crippen LogP contribution in [0.1, 0.15) is 13.3 Å². The van der Waals surface area contributed by atoms with Gasteiger partial charge in [0, 0.05) is 10.6 Å². The van der Waals surface area contributed by atoms with Gasteiger partial charge in [-0.2, -0.15) is 0 Å². The number of nitrogens with one attached hydrogen (secondary N) is 2. The highest BCUT2D eigenvalue weighted by atomic mass is 35.5. The van der Waals surface area contributed by atoms with Gasteiger partial charge in [-0.3, -0.25) is 4.79 Å². The molecule has 0 saturated carbocycles. The molecule has 122 valence electrons. The van der Waals surface area contributed by atoms with Crippen LogP contribution in [0.2, 0.25) is 5.02 Å². The van der Waals surface area contributed by atoms with Gasteiger partial charge in [-0.1, -0.05) is 11.6 Å². The number of methoxy groups -OCH3 is 1. The monoisotopic (exact) mass is 346 g/mol. The van der Waals surface area contributed by atoms with Crippen LogP contribution in [-0.4, -0.2) is 45.0 Å². The van der Waals surface area contributed by atoms with Crippen LogP contribution in [0.4, 0.5) is 5.69 Å². The van der Waals surface area contributed by atoms with Gasteiger partial charge in [-0.05, 0) is 31.5 Å². The lowest BCUT2D eigenvalue weighted by molar-refractivity contribution is -0.115. The van der Waals surface area contributed by atoms with Crippen molar-refractivity contribution in [3.63, 3.8) is 0 Å². The van der Waals surface area contributed by atoms with Crippen LogP contribution >= 0.6 is 11.6 Å². The molecule has 1 aromatic rings. The van der Waals surface area contributed by atoms with Gasteiger partial charge in [0.15, 0.2) is 9.84 Å². The fourth-order valence-corrected chi connectivity index (χ4v) is 4.71. The molecular weight excluding hydrogens is 328 g/mol. The Bertz CT molecular complexity index is 677. The van der Waals surface area contributed by atoms with Crippen molar-refractivity contribution in [2.45, 2.75) is 18.9 Å². The van der Waals surface area contributed by atoms with Crippen molar-refractivity contribution < 1.29 is 17.9 Å². The van der Waals surface area contributed by atoms with E-state index in [0.717, 1.165) is 0 Å². The molecule has 0 aliphatic carbocycles. The summed E-state index contributed by atoms with van der Waals surface area (Å²) >= 11 is 5.90. The van der Waals surface area contributed by atoms with E-state index in [9.17, 15) is 13.2 Å². The molecule has 6 nitrogen and oxygen atoms in total. The van der Waals surface area contributed by atoms with E-state index in [1.165, 1.54) is 7.11 Å². The molecule has 0 bridgehead atoms. The molecule has 0 spiro atoms. The summed E-state index contributed by atoms with van der Waals surface area (Å²) in [6.45, 7) is 1.83. The Morgan fingerprint density at radius 1 is 1.45 bits per heavy atom. The van der Waals surface area contributed by atoms with Gasteiger partial charge in [-0.15, -0.1) is 0 Å². The van der Waals surface area contributed by atoms with E-state index < -0.39 is 15.4 Å². The third-order valence-corrected chi connectivity index (χ3v) is 5.75. The molecule has 1 fully saturated rings. The molecule has 1 atom stereocenters. The Kier molecular flexibility index (Phi) is 4.99. The zero-order valence-corrected chi connectivity index (χ0v) is 14.1. The first-order valence-corrected chi connectivity index (χ1v) is 9.02. The quantitative estimate of drug-likeness (QED) is 0.843. The number of carbonyl (C=O) groups excluding carboxylic acids is 1. The van der Waals surface area contributed by atoms with Gasteiger partial charge in [-0.25, -0.2) is 8.42 Å². The molecule has 1 aromatic carbocycles. The van der Waals surface area contributed by atoms with Crippen LogP contribution in [0.25, 0.3) is 0 Å². The lowest BCUT2D eigenvalue weighted by Gasteiger charge is -2.23. The van der Waals surface area contributed by atoms with Gasteiger partial charge in [0.25, 0.3) is 0 Å². The van der Waals surface area contributed by atoms with Gasteiger partial charge in [0.2, 0.25) is 5.91 Å². The highest BCUT2D eigenvalue weighted by Crippen LogP contribution is 2.27. The number of ether oxygens (including phenoxy) is 1. The maximum Gasteiger partial charge on any atom is 0.238 e. The minimum Gasteiger partial charge on any atom is -0.495 e. The zero-order valence-electron chi connectivity index (χ0n) is 12.5. The summed E-state index contributed by atoms with van der Waals surface area (Å²) in [5.41, 5.74) is -0.0831. The molecule has 1 aliphatic rings. The summed E-state index contributed by atoms with van der Waals surface area (Å²) in [6.07, 6.45) is 0.503. The molecular formula is C14H19ClN2O4S. The second-order valence-electron chi connectivity index (χ2n) is 5.65. The minimum atomic E-state index is -3.01. The molecule has 1 saturated heterocycles. The lowest BCUT2D eigenvalue weighted by Crippen LogP contribution is -2.46. The first-order chi connectivity index (χ1) is 10.2. The molecule has 0 radical (unpaired) electrons. The maximum absolute atomic E-state index is 12.0. The normalized spacial score (nSPS) is 23.2. The molecule has 0 aromatic heterocycles. The number of amides is 1. The van der Waals surface area contributed by atoms with Gasteiger partial charge in [0.1, 0.15) is 5.75 Å². The smallest absolute Gasteiger partial charge is 0.238 e. The predicted molar refractivity (Wildman–Crippen MR) is 86.3 cm³/mol. The molecule has 8 heteroatoms. The van der Waals surface area contributed by atoms with Gasteiger partial charge >= 0.3 is 0 Å². The average molecular weight is 347 g/mol. The van der Waals surface area contributed by atoms with Crippen molar-refractivity contribution in [1.82, 2.24) is 5.32 Å². The average Bonchev–Trinajstić information content (AvgIpc) is 2.71. The van der Waals surface area contributed by atoms with E-state index in [-0.39, 0.29) is 24.0 Å². The van der Waals surface area contributed by atoms with Crippen molar-refractivity contribution in [3.05, 3.63) is 23.2 Å². The molecule has 22 heavy (non-hydrogen) atoms. The second-order valence-corrected chi connectivity index (χ2v) is 8.27. The van der Waals surface area contributed by atoms with Crippen LogP contribution in [0.5, 0.6) is 5.75 Å². The maximum atomic E-state index is 12.0. The fraction of sp³-hybridized carbons (Fsp3) is 0.500. The molecule has 1 amide bonds. The van der Waals surface area contributed by atoms with Gasteiger partial charge < -0.3 is 15.4 Å². The predicted octanol–water partition coefficient (Wildman–Crippen LogP) is 1.45. The highest BCUT2D eigenvalue weighted by Gasteiger charge is 2.38. The number of benzene rings is 1. The van der Waals surface area contributed by atoms with Crippen LogP contribution < -0.4 is 15.4 Å². The SMILES string of the molecule is COc1ccc(Cl)cc1NC(=O)CNC1(C)CCS(=O)(=O)C1. The van der Waals surface area contributed by atoms with Crippen molar-refractivity contribution in [1.29, 1.82) is 0 Å². The minimum absolute atomic E-state index is 0.0156. The van der Waals surface area contributed by atoms with Crippen molar-refractivity contribution >= 4 is 33.0 Å². The fourth-order valence-electron chi connectivity index (χ4n) is 2.42. The topological polar surface area (TPSA) is 84.5 Å². The Balaban J connectivity index is 1.95. The third kappa shape index (κ3) is 4.34. The van der Waals surface area contributed by atoms with Crippen LogP contribution in [0.15, 0.2) is 18.2 Å². The third-order valence-electron chi connectivity index (χ3n) is 3.61. The summed E-state index contributed by atoms with van der Waals surface area (Å²) in [5, 5.41) is 6.21. The first-order valence-electron chi connectivity index (χ1n) is 6.82. The van der Waals surface area contributed by atoms with E-state index in [2.05, 4.69) is 10.6 Å². The number of anilines is 1. The lowest BCUT2D eigenvalue weighted by atomic mass is 10.0. The van der Waals surface area contributed by atoms with E-state index in [4.69, 9.17) is 16.3 Å². The van der Waals surface area contributed by atoms with Crippen molar-refractivity contribution in [3.8, 4) is 5.75 Å². The van der Waals surface area contributed by atoms with E-state index >= 15 is 0 Å². The second kappa shape index (κ2) is 6.44. The van der Waals surface area contributed by atoms with Crippen LogP contribution in [-0.2, 0) is 14.6 Å². The standard InChI is InChI=1S/C14H19ClN2O4S/c1-14(5-6-22(19,20)9-14)16-8-13(18)17-11-7-10(15)3-4-12(11)21-2/h3-4,7,16H,5-6,8-9H2,1-2H3,(H,17,18). The summed E-state index contributed by atoms with van der Waals surface area (Å²) in [6, 6.07) is 4.93. The molecule has 1 aliphatic heterocycles. The number of carbonyl (C=O) groups is 1. The molecule has 2 rings (SSSR count). The van der Waals surface area contributed by atoms with E-state index in [1.807, 2.05) is 6.92 Å². The summed E-state index contributed by atoms with van der Waals surface area (Å²) in [5.74, 6) is 0.423. The number of rotatable bonds is 5. The Labute approximate surface area is 135 Å². The summed E-state index contributed by atoms with van der Waals surface area (Å²) < 4.78 is 28.2. The number of sulfone groups is 1. The summed E-state index contributed by atoms with van der Waals surface area (Å²) in [4.78, 5) is 12.0. The summed E-state index contributed by atoms with van der Waals surface area (Å²) in [7, 11) is -1.51. The largest absolute Gasteiger partial charge is 0.495 e. The van der Waals surface area contributed by atoms with Crippen molar-refractivity contribution in [2.24, 2.45) is 0 Å². The van der Waals surface area contributed by atoms with Crippen LogP contribution in [0, 0.1) is 0 Å². The highest BCUT2D eigenvalue weighted by molar-refractivity contribution is 7.91. The zero-order chi connectivity index (χ0) is 16.4. The molecule has 1 heterocycles. The Morgan fingerprint density at radius 2 is 2.18 bits per heavy atom. The molecule has 1 unspecified atom stereocenters. The number of hydrogen-bond donors (Lipinski definition) is 2. The first kappa shape index (κ1) is 17.1. The van der Waals surface area contributed by atoms with Crippen LogP contribution in [0.3, 0.4) is 0 Å². The van der Waals surface area contributed by atoms with E-state index in [1.54, 1.807) is 18.2 Å². The molecule has 2 N–H and O–H groups in total. The van der Waals surface area contributed by atoms with E-state index in [0.29, 0.717) is 22.9 Å².